The molecule has 1 saturated heterocycles. The molecule has 128 valence electrons. The highest BCUT2D eigenvalue weighted by molar-refractivity contribution is 5.37. The van der Waals surface area contributed by atoms with Gasteiger partial charge in [-0.3, -0.25) is 4.90 Å². The second kappa shape index (κ2) is 8.32. The maximum atomic E-state index is 5.61. The summed E-state index contributed by atoms with van der Waals surface area (Å²) < 4.78 is 5.61. The van der Waals surface area contributed by atoms with Gasteiger partial charge in [-0.1, -0.05) is 42.0 Å². The topological polar surface area (TPSA) is 24.5 Å². The van der Waals surface area contributed by atoms with Crippen molar-refractivity contribution in [2.75, 3.05) is 32.8 Å². The third-order valence-electron chi connectivity index (χ3n) is 4.60. The fourth-order valence-electron chi connectivity index (χ4n) is 3.49. The van der Waals surface area contributed by atoms with Crippen molar-refractivity contribution in [3.05, 3.63) is 65.2 Å². The normalized spacial score (nSPS) is 17.2. The zero-order chi connectivity index (χ0) is 16.8. The standard InChI is InChI=1S/C21H28N2O/c1-3-24-20-10-8-18(9-11-20)21(19-7-4-6-17(2)16-19)23-14-5-12-22-13-15-23/h4,6-11,16,21-22H,3,5,12-15H2,1-2H3. The smallest absolute Gasteiger partial charge is 0.119 e. The Balaban J connectivity index is 1.94. The van der Waals surface area contributed by atoms with Crippen molar-refractivity contribution in [3.63, 3.8) is 0 Å². The molecule has 3 rings (SSSR count). The second-order valence-corrected chi connectivity index (χ2v) is 6.46. The number of hydrogen-bond donors (Lipinski definition) is 1. The van der Waals surface area contributed by atoms with E-state index in [0.717, 1.165) is 31.9 Å². The summed E-state index contributed by atoms with van der Waals surface area (Å²) in [6, 6.07) is 17.8. The van der Waals surface area contributed by atoms with Crippen LogP contribution in [0.5, 0.6) is 5.75 Å². The van der Waals surface area contributed by atoms with E-state index in [0.29, 0.717) is 12.6 Å². The number of nitrogens with one attached hydrogen (secondary N) is 1. The van der Waals surface area contributed by atoms with Gasteiger partial charge in [-0.25, -0.2) is 0 Å². The lowest BCUT2D eigenvalue weighted by atomic mass is 9.95. The average Bonchev–Trinajstić information content (AvgIpc) is 2.86. The van der Waals surface area contributed by atoms with E-state index in [-0.39, 0.29) is 0 Å². The van der Waals surface area contributed by atoms with Crippen molar-refractivity contribution in [1.82, 2.24) is 10.2 Å². The molecule has 1 unspecified atom stereocenters. The van der Waals surface area contributed by atoms with Gasteiger partial charge in [0.05, 0.1) is 12.6 Å². The Labute approximate surface area is 145 Å². The van der Waals surface area contributed by atoms with Gasteiger partial charge in [0.2, 0.25) is 0 Å². The quantitative estimate of drug-likeness (QED) is 0.906. The van der Waals surface area contributed by atoms with Crippen LogP contribution in [0.25, 0.3) is 0 Å². The second-order valence-electron chi connectivity index (χ2n) is 6.46. The fourth-order valence-corrected chi connectivity index (χ4v) is 3.49. The van der Waals surface area contributed by atoms with E-state index < -0.39 is 0 Å². The maximum absolute atomic E-state index is 5.61. The van der Waals surface area contributed by atoms with Crippen LogP contribution in [0.3, 0.4) is 0 Å². The van der Waals surface area contributed by atoms with Gasteiger partial charge in [0.15, 0.2) is 0 Å². The van der Waals surface area contributed by atoms with Gasteiger partial charge in [-0.2, -0.15) is 0 Å². The minimum Gasteiger partial charge on any atom is -0.494 e. The van der Waals surface area contributed by atoms with E-state index in [2.05, 4.69) is 65.7 Å². The Morgan fingerprint density at radius 2 is 1.88 bits per heavy atom. The van der Waals surface area contributed by atoms with Crippen LogP contribution in [0, 0.1) is 6.92 Å². The number of aryl methyl sites for hydroxylation is 1. The molecule has 1 aliphatic rings. The van der Waals surface area contributed by atoms with E-state index in [1.54, 1.807) is 0 Å². The largest absolute Gasteiger partial charge is 0.494 e. The van der Waals surface area contributed by atoms with Crippen LogP contribution < -0.4 is 10.1 Å². The molecule has 1 aliphatic heterocycles. The lowest BCUT2D eigenvalue weighted by Crippen LogP contribution is -2.33. The first-order valence-corrected chi connectivity index (χ1v) is 9.02. The van der Waals surface area contributed by atoms with Gasteiger partial charge in [-0.05, 0) is 50.1 Å². The monoisotopic (exact) mass is 324 g/mol. The number of ether oxygens (including phenoxy) is 1. The van der Waals surface area contributed by atoms with Crippen molar-refractivity contribution in [3.8, 4) is 5.75 Å². The van der Waals surface area contributed by atoms with Crippen LogP contribution in [0.2, 0.25) is 0 Å². The molecule has 24 heavy (non-hydrogen) atoms. The number of nitrogens with zero attached hydrogens (tertiary/aromatic N) is 1. The van der Waals surface area contributed by atoms with Gasteiger partial charge in [0.1, 0.15) is 5.75 Å². The molecule has 1 atom stereocenters. The Bertz CT molecular complexity index is 631. The Hall–Kier alpha value is -1.84. The van der Waals surface area contributed by atoms with Crippen LogP contribution in [0.1, 0.15) is 36.1 Å². The molecule has 2 aromatic rings. The third-order valence-corrected chi connectivity index (χ3v) is 4.60. The highest BCUT2D eigenvalue weighted by Crippen LogP contribution is 2.30. The van der Waals surface area contributed by atoms with Crippen LogP contribution in [0.4, 0.5) is 0 Å². The highest BCUT2D eigenvalue weighted by atomic mass is 16.5. The first-order chi connectivity index (χ1) is 11.8. The SMILES string of the molecule is CCOc1ccc(C(c2cccc(C)c2)N2CCCNCC2)cc1. The summed E-state index contributed by atoms with van der Waals surface area (Å²) in [4.78, 5) is 2.60. The molecule has 0 aliphatic carbocycles. The molecule has 1 fully saturated rings. The van der Waals surface area contributed by atoms with Gasteiger partial charge in [-0.15, -0.1) is 0 Å². The number of rotatable bonds is 5. The van der Waals surface area contributed by atoms with Crippen molar-refractivity contribution >= 4 is 0 Å². The van der Waals surface area contributed by atoms with E-state index in [1.807, 2.05) is 6.92 Å². The molecular formula is C21H28N2O. The molecule has 3 nitrogen and oxygen atoms in total. The molecule has 3 heteroatoms. The average molecular weight is 324 g/mol. The molecule has 0 radical (unpaired) electrons. The third kappa shape index (κ3) is 4.16. The van der Waals surface area contributed by atoms with Crippen molar-refractivity contribution in [1.29, 1.82) is 0 Å². The fraction of sp³-hybridized carbons (Fsp3) is 0.429. The van der Waals surface area contributed by atoms with E-state index in [1.165, 1.54) is 23.1 Å². The Morgan fingerprint density at radius 3 is 2.62 bits per heavy atom. The molecule has 0 aromatic heterocycles. The van der Waals surface area contributed by atoms with E-state index in [9.17, 15) is 0 Å². The molecule has 2 aromatic carbocycles. The summed E-state index contributed by atoms with van der Waals surface area (Å²) in [6.07, 6.45) is 1.19. The van der Waals surface area contributed by atoms with Crippen molar-refractivity contribution in [2.24, 2.45) is 0 Å². The van der Waals surface area contributed by atoms with Crippen LogP contribution >= 0.6 is 0 Å². The number of hydrogen-bond acceptors (Lipinski definition) is 3. The number of benzene rings is 2. The van der Waals surface area contributed by atoms with Gasteiger partial charge in [0, 0.05) is 19.6 Å². The Kier molecular flexibility index (Phi) is 5.89. The van der Waals surface area contributed by atoms with Crippen LogP contribution in [0.15, 0.2) is 48.5 Å². The molecule has 0 amide bonds. The lowest BCUT2D eigenvalue weighted by Gasteiger charge is -2.31. The first-order valence-electron chi connectivity index (χ1n) is 9.02. The van der Waals surface area contributed by atoms with Gasteiger partial charge >= 0.3 is 0 Å². The van der Waals surface area contributed by atoms with Crippen molar-refractivity contribution in [2.45, 2.75) is 26.3 Å². The highest BCUT2D eigenvalue weighted by Gasteiger charge is 2.23. The summed E-state index contributed by atoms with van der Waals surface area (Å²) in [7, 11) is 0. The molecular weight excluding hydrogens is 296 g/mol. The minimum atomic E-state index is 0.306. The zero-order valence-corrected chi connectivity index (χ0v) is 14.8. The molecule has 0 saturated carbocycles. The van der Waals surface area contributed by atoms with Crippen LogP contribution in [-0.4, -0.2) is 37.7 Å². The molecule has 0 bridgehead atoms. The van der Waals surface area contributed by atoms with Gasteiger partial charge < -0.3 is 10.1 Å². The predicted octanol–water partition coefficient (Wildman–Crippen LogP) is 3.78. The maximum Gasteiger partial charge on any atom is 0.119 e. The summed E-state index contributed by atoms with van der Waals surface area (Å²) >= 11 is 0. The summed E-state index contributed by atoms with van der Waals surface area (Å²) in [5, 5.41) is 3.51. The van der Waals surface area contributed by atoms with Gasteiger partial charge in [0.25, 0.3) is 0 Å². The summed E-state index contributed by atoms with van der Waals surface area (Å²) in [6.45, 7) is 9.26. The zero-order valence-electron chi connectivity index (χ0n) is 14.8. The van der Waals surface area contributed by atoms with Crippen molar-refractivity contribution < 1.29 is 4.74 Å². The summed E-state index contributed by atoms with van der Waals surface area (Å²) in [5.74, 6) is 0.946. The van der Waals surface area contributed by atoms with E-state index >= 15 is 0 Å². The Morgan fingerprint density at radius 1 is 1.04 bits per heavy atom. The van der Waals surface area contributed by atoms with E-state index in [4.69, 9.17) is 4.74 Å². The lowest BCUT2D eigenvalue weighted by molar-refractivity contribution is 0.241. The molecule has 0 spiro atoms. The molecule has 1 N–H and O–H groups in total. The first kappa shape index (κ1) is 17.0. The molecule has 1 heterocycles. The minimum absolute atomic E-state index is 0.306. The van der Waals surface area contributed by atoms with Crippen LogP contribution in [-0.2, 0) is 0 Å². The predicted molar refractivity (Wildman–Crippen MR) is 99.7 cm³/mol. The summed E-state index contributed by atoms with van der Waals surface area (Å²) in [5.41, 5.74) is 4.03.